The first-order valence-corrected chi connectivity index (χ1v) is 8.36. The van der Waals surface area contributed by atoms with Gasteiger partial charge in [-0.05, 0) is 29.8 Å². The number of nitrogens with one attached hydrogen (secondary N) is 2. The van der Waals surface area contributed by atoms with E-state index in [0.29, 0.717) is 11.3 Å². The molecule has 2 aromatic carbocycles. The highest BCUT2D eigenvalue weighted by Gasteiger charge is 2.38. The Kier molecular flexibility index (Phi) is 5.35. The van der Waals surface area contributed by atoms with Gasteiger partial charge in [0.05, 0.1) is 11.1 Å². The van der Waals surface area contributed by atoms with Crippen molar-refractivity contribution < 1.29 is 32.3 Å². The van der Waals surface area contributed by atoms with E-state index in [0.717, 1.165) is 4.90 Å². The van der Waals surface area contributed by atoms with Crippen LogP contribution >= 0.6 is 0 Å². The Morgan fingerprint density at radius 3 is 1.97 bits per heavy atom. The van der Waals surface area contributed by atoms with Gasteiger partial charge in [-0.25, -0.2) is 0 Å². The maximum absolute atomic E-state index is 12.2. The molecule has 2 aromatic rings. The number of benzene rings is 2. The molecule has 2 N–H and O–H groups in total. The number of carbonyl (C=O) groups is 4. The summed E-state index contributed by atoms with van der Waals surface area (Å²) >= 11 is 0. The van der Waals surface area contributed by atoms with Crippen molar-refractivity contribution in [3.63, 3.8) is 0 Å². The molecule has 1 aliphatic heterocycles. The molecular weight excluding hydrogens is 391 g/mol. The van der Waals surface area contributed by atoms with Crippen molar-refractivity contribution in [1.29, 1.82) is 0 Å². The summed E-state index contributed by atoms with van der Waals surface area (Å²) in [5.74, 6) is -3.78. The zero-order chi connectivity index (χ0) is 21.2. The predicted octanol–water partition coefficient (Wildman–Crippen LogP) is 2.10. The van der Waals surface area contributed by atoms with Gasteiger partial charge in [0.2, 0.25) is 5.91 Å². The van der Waals surface area contributed by atoms with Crippen LogP contribution in [0, 0.1) is 0 Å². The fourth-order valence-corrected chi connectivity index (χ4v) is 2.72. The molecular formula is C19H14F3N3O4. The van der Waals surface area contributed by atoms with Crippen LogP contribution in [-0.4, -0.2) is 41.2 Å². The molecule has 0 aromatic heterocycles. The number of nitrogens with zero attached hydrogens (tertiary/aromatic N) is 1. The van der Waals surface area contributed by atoms with Gasteiger partial charge in [0.1, 0.15) is 6.54 Å². The second-order valence-corrected chi connectivity index (χ2v) is 6.17. The van der Waals surface area contributed by atoms with E-state index in [2.05, 4.69) is 5.32 Å². The van der Waals surface area contributed by atoms with Gasteiger partial charge < -0.3 is 10.6 Å². The Morgan fingerprint density at radius 2 is 1.45 bits per heavy atom. The highest BCUT2D eigenvalue weighted by molar-refractivity contribution is 6.22. The molecule has 0 spiro atoms. The summed E-state index contributed by atoms with van der Waals surface area (Å²) in [6, 6.07) is 11.9. The molecule has 0 aliphatic carbocycles. The summed E-state index contributed by atoms with van der Waals surface area (Å²) in [6.45, 7) is -0.808. The van der Waals surface area contributed by atoms with Crippen LogP contribution in [0.4, 0.5) is 18.9 Å². The standard InChI is InChI=1S/C19H14F3N3O4/c20-19(21,22)18(29)23-9-11-5-7-12(8-6-11)24-15(26)10-25-16(27)13-3-1-2-4-14(13)17(25)28/h1-8H,9-10H2,(H,23,29)(H,24,26). The molecule has 0 unspecified atom stereocenters. The molecule has 150 valence electrons. The largest absolute Gasteiger partial charge is 0.471 e. The lowest BCUT2D eigenvalue weighted by molar-refractivity contribution is -0.173. The van der Waals surface area contributed by atoms with Gasteiger partial charge in [-0.3, -0.25) is 24.1 Å². The van der Waals surface area contributed by atoms with E-state index in [9.17, 15) is 32.3 Å². The quantitative estimate of drug-likeness (QED) is 0.745. The van der Waals surface area contributed by atoms with Crippen molar-refractivity contribution in [2.24, 2.45) is 0 Å². The summed E-state index contributed by atoms with van der Waals surface area (Å²) in [6.07, 6.45) is -4.96. The SMILES string of the molecule is O=C(CN1C(=O)c2ccccc2C1=O)Nc1ccc(CNC(=O)C(F)(F)F)cc1. The zero-order valence-corrected chi connectivity index (χ0v) is 14.7. The third-order valence-corrected chi connectivity index (χ3v) is 4.13. The second kappa shape index (κ2) is 7.74. The normalized spacial score (nSPS) is 13.3. The molecule has 0 radical (unpaired) electrons. The fraction of sp³-hybridized carbons (Fsp3) is 0.158. The molecule has 0 atom stereocenters. The van der Waals surface area contributed by atoms with Crippen molar-refractivity contribution >= 4 is 29.3 Å². The summed E-state index contributed by atoms with van der Waals surface area (Å²) in [7, 11) is 0. The van der Waals surface area contributed by atoms with Gasteiger partial charge in [-0.1, -0.05) is 24.3 Å². The smallest absolute Gasteiger partial charge is 0.344 e. The number of alkyl halides is 3. The average Bonchev–Trinajstić information content (AvgIpc) is 2.91. The van der Waals surface area contributed by atoms with Crippen LogP contribution in [0.2, 0.25) is 0 Å². The lowest BCUT2D eigenvalue weighted by Crippen LogP contribution is -2.37. The van der Waals surface area contributed by atoms with Crippen LogP contribution in [0.3, 0.4) is 0 Å². The summed E-state index contributed by atoms with van der Waals surface area (Å²) in [5, 5.41) is 4.23. The highest BCUT2D eigenvalue weighted by atomic mass is 19.4. The minimum atomic E-state index is -4.96. The summed E-state index contributed by atoms with van der Waals surface area (Å²) in [5.41, 5.74) is 1.17. The van der Waals surface area contributed by atoms with Crippen LogP contribution in [0.15, 0.2) is 48.5 Å². The Balaban J connectivity index is 1.56. The van der Waals surface area contributed by atoms with E-state index in [-0.39, 0.29) is 17.7 Å². The number of hydrogen-bond acceptors (Lipinski definition) is 4. The Labute approximate surface area is 162 Å². The fourth-order valence-electron chi connectivity index (χ4n) is 2.72. The van der Waals surface area contributed by atoms with Crippen LogP contribution in [0.25, 0.3) is 0 Å². The maximum Gasteiger partial charge on any atom is 0.471 e. The minimum Gasteiger partial charge on any atom is -0.344 e. The number of hydrogen-bond donors (Lipinski definition) is 2. The Morgan fingerprint density at radius 1 is 0.897 bits per heavy atom. The number of anilines is 1. The van der Waals surface area contributed by atoms with E-state index >= 15 is 0 Å². The Bertz CT molecular complexity index is 952. The number of halogens is 3. The van der Waals surface area contributed by atoms with Gasteiger partial charge >= 0.3 is 12.1 Å². The van der Waals surface area contributed by atoms with Gasteiger partial charge in [0, 0.05) is 12.2 Å². The number of carbonyl (C=O) groups excluding carboxylic acids is 4. The number of imide groups is 1. The zero-order valence-electron chi connectivity index (χ0n) is 14.7. The number of amides is 4. The topological polar surface area (TPSA) is 95.6 Å². The molecule has 10 heteroatoms. The van der Waals surface area contributed by atoms with E-state index in [1.165, 1.54) is 36.4 Å². The lowest BCUT2D eigenvalue weighted by atomic mass is 10.1. The molecule has 1 heterocycles. The number of rotatable bonds is 5. The Hall–Kier alpha value is -3.69. The number of fused-ring (bicyclic) bond motifs is 1. The van der Waals surface area contributed by atoms with Crippen molar-refractivity contribution in [1.82, 2.24) is 10.2 Å². The molecule has 0 saturated heterocycles. The average molecular weight is 405 g/mol. The third kappa shape index (κ3) is 4.42. The van der Waals surface area contributed by atoms with Crippen LogP contribution in [0.5, 0.6) is 0 Å². The van der Waals surface area contributed by atoms with Crippen LogP contribution in [0.1, 0.15) is 26.3 Å². The van der Waals surface area contributed by atoms with Gasteiger partial charge in [0.15, 0.2) is 0 Å². The monoisotopic (exact) mass is 405 g/mol. The second-order valence-electron chi connectivity index (χ2n) is 6.17. The molecule has 0 bridgehead atoms. The highest BCUT2D eigenvalue weighted by Crippen LogP contribution is 2.22. The molecule has 0 fully saturated rings. The van der Waals surface area contributed by atoms with E-state index in [1.807, 2.05) is 0 Å². The van der Waals surface area contributed by atoms with Crippen molar-refractivity contribution in [3.8, 4) is 0 Å². The molecule has 0 saturated carbocycles. The van der Waals surface area contributed by atoms with Gasteiger partial charge in [0.25, 0.3) is 11.8 Å². The first-order valence-electron chi connectivity index (χ1n) is 8.36. The first-order chi connectivity index (χ1) is 13.7. The maximum atomic E-state index is 12.2. The van der Waals surface area contributed by atoms with Gasteiger partial charge in [-0.2, -0.15) is 13.2 Å². The first kappa shape index (κ1) is 20.1. The van der Waals surface area contributed by atoms with Crippen molar-refractivity contribution in [2.75, 3.05) is 11.9 Å². The molecule has 7 nitrogen and oxygen atoms in total. The van der Waals surface area contributed by atoms with Crippen molar-refractivity contribution in [2.45, 2.75) is 12.7 Å². The molecule has 29 heavy (non-hydrogen) atoms. The molecule has 3 rings (SSSR count). The van der Waals surface area contributed by atoms with Crippen molar-refractivity contribution in [3.05, 3.63) is 65.2 Å². The van der Waals surface area contributed by atoms with Gasteiger partial charge in [-0.15, -0.1) is 0 Å². The summed E-state index contributed by atoms with van der Waals surface area (Å²) in [4.78, 5) is 48.3. The molecule has 1 aliphatic rings. The third-order valence-electron chi connectivity index (χ3n) is 4.13. The van der Waals surface area contributed by atoms with E-state index in [1.54, 1.807) is 17.4 Å². The summed E-state index contributed by atoms with van der Waals surface area (Å²) < 4.78 is 36.5. The predicted molar refractivity (Wildman–Crippen MR) is 94.8 cm³/mol. The van der Waals surface area contributed by atoms with Crippen LogP contribution < -0.4 is 10.6 Å². The van der Waals surface area contributed by atoms with E-state index < -0.39 is 36.3 Å². The van der Waals surface area contributed by atoms with E-state index in [4.69, 9.17) is 0 Å². The minimum absolute atomic E-state index is 0.232. The molecule has 4 amide bonds. The lowest BCUT2D eigenvalue weighted by Gasteiger charge is -2.14. The van der Waals surface area contributed by atoms with Crippen LogP contribution in [-0.2, 0) is 16.1 Å².